The molecule has 1 aromatic heterocycles. The molecule has 2 aromatic rings. The van der Waals surface area contributed by atoms with Crippen LogP contribution in [-0.2, 0) is 6.42 Å². The first-order valence-corrected chi connectivity index (χ1v) is 8.62. The standard InChI is InChI=1S/C20H26N2O/c1-15-12-19(21-13-15)20(23)22-11-5-7-17(14-22)9-10-18-8-4-3-6-16(18)2/h3-4,6,8,12-13,17,21H,5,7,9-11,14H2,1-2H3/t17-/m0/s1. The molecule has 1 aliphatic heterocycles. The molecule has 122 valence electrons. The highest BCUT2D eigenvalue weighted by Crippen LogP contribution is 2.23. The van der Waals surface area contributed by atoms with Gasteiger partial charge in [-0.15, -0.1) is 0 Å². The third-order valence-electron chi connectivity index (χ3n) is 4.95. The minimum atomic E-state index is 0.152. The number of aromatic amines is 1. The fourth-order valence-electron chi connectivity index (χ4n) is 3.53. The van der Waals surface area contributed by atoms with Crippen molar-refractivity contribution in [1.82, 2.24) is 9.88 Å². The van der Waals surface area contributed by atoms with E-state index in [2.05, 4.69) is 36.2 Å². The average Bonchev–Trinajstić information content (AvgIpc) is 3.00. The summed E-state index contributed by atoms with van der Waals surface area (Å²) in [6.07, 6.45) is 6.52. The van der Waals surface area contributed by atoms with Crippen molar-refractivity contribution in [2.45, 2.75) is 39.5 Å². The van der Waals surface area contributed by atoms with Gasteiger partial charge in [0.15, 0.2) is 0 Å². The van der Waals surface area contributed by atoms with E-state index >= 15 is 0 Å². The van der Waals surface area contributed by atoms with Gasteiger partial charge in [-0.25, -0.2) is 0 Å². The molecule has 0 aliphatic carbocycles. The molecule has 1 atom stereocenters. The van der Waals surface area contributed by atoms with E-state index in [1.165, 1.54) is 24.0 Å². The van der Waals surface area contributed by atoms with Crippen LogP contribution in [0, 0.1) is 19.8 Å². The minimum Gasteiger partial charge on any atom is -0.357 e. The summed E-state index contributed by atoms with van der Waals surface area (Å²) in [5.74, 6) is 0.766. The monoisotopic (exact) mass is 310 g/mol. The van der Waals surface area contributed by atoms with Gasteiger partial charge >= 0.3 is 0 Å². The van der Waals surface area contributed by atoms with Crippen molar-refractivity contribution in [3.63, 3.8) is 0 Å². The number of amides is 1. The van der Waals surface area contributed by atoms with E-state index in [1.807, 2.05) is 24.1 Å². The van der Waals surface area contributed by atoms with Crippen molar-refractivity contribution in [2.75, 3.05) is 13.1 Å². The number of aryl methyl sites for hydroxylation is 3. The lowest BCUT2D eigenvalue weighted by Crippen LogP contribution is -2.40. The van der Waals surface area contributed by atoms with Crippen molar-refractivity contribution in [3.05, 3.63) is 58.9 Å². The Morgan fingerprint density at radius 3 is 2.87 bits per heavy atom. The average molecular weight is 310 g/mol. The fourth-order valence-corrected chi connectivity index (χ4v) is 3.53. The van der Waals surface area contributed by atoms with Crippen LogP contribution < -0.4 is 0 Å². The summed E-state index contributed by atoms with van der Waals surface area (Å²) in [6, 6.07) is 10.6. The summed E-state index contributed by atoms with van der Waals surface area (Å²) in [5, 5.41) is 0. The molecule has 0 saturated carbocycles. The van der Waals surface area contributed by atoms with Crippen LogP contribution in [0.15, 0.2) is 36.5 Å². The zero-order valence-electron chi connectivity index (χ0n) is 14.1. The Balaban J connectivity index is 1.58. The summed E-state index contributed by atoms with van der Waals surface area (Å²) >= 11 is 0. The maximum absolute atomic E-state index is 12.6. The minimum absolute atomic E-state index is 0.152. The molecule has 3 nitrogen and oxygen atoms in total. The highest BCUT2D eigenvalue weighted by atomic mass is 16.2. The van der Waals surface area contributed by atoms with E-state index in [0.29, 0.717) is 5.92 Å². The molecule has 3 rings (SSSR count). The Morgan fingerprint density at radius 2 is 2.13 bits per heavy atom. The number of likely N-dealkylation sites (tertiary alicyclic amines) is 1. The molecular weight excluding hydrogens is 284 g/mol. The van der Waals surface area contributed by atoms with E-state index in [-0.39, 0.29) is 5.91 Å². The number of hydrogen-bond acceptors (Lipinski definition) is 1. The van der Waals surface area contributed by atoms with Gasteiger partial charge in [0, 0.05) is 19.3 Å². The predicted molar refractivity (Wildman–Crippen MR) is 93.7 cm³/mol. The second-order valence-corrected chi connectivity index (χ2v) is 6.82. The highest BCUT2D eigenvalue weighted by molar-refractivity contribution is 5.92. The topological polar surface area (TPSA) is 36.1 Å². The van der Waals surface area contributed by atoms with Gasteiger partial charge in [0.05, 0.1) is 0 Å². The van der Waals surface area contributed by atoms with Gasteiger partial charge in [-0.2, -0.15) is 0 Å². The lowest BCUT2D eigenvalue weighted by Gasteiger charge is -2.32. The number of benzene rings is 1. The van der Waals surface area contributed by atoms with Crippen LogP contribution in [0.1, 0.15) is 46.4 Å². The lowest BCUT2D eigenvalue weighted by molar-refractivity contribution is 0.0663. The predicted octanol–water partition coefficient (Wildman–Crippen LogP) is 4.12. The molecule has 2 heterocycles. The number of hydrogen-bond donors (Lipinski definition) is 1. The second kappa shape index (κ2) is 7.03. The third kappa shape index (κ3) is 3.84. The van der Waals surface area contributed by atoms with Crippen LogP contribution in [0.25, 0.3) is 0 Å². The Morgan fingerprint density at radius 1 is 1.30 bits per heavy atom. The summed E-state index contributed by atoms with van der Waals surface area (Å²) < 4.78 is 0. The number of piperidine rings is 1. The maximum atomic E-state index is 12.6. The molecule has 0 radical (unpaired) electrons. The molecule has 1 fully saturated rings. The lowest BCUT2D eigenvalue weighted by atomic mass is 9.90. The van der Waals surface area contributed by atoms with Gasteiger partial charge in [-0.3, -0.25) is 4.79 Å². The zero-order valence-corrected chi connectivity index (χ0v) is 14.1. The highest BCUT2D eigenvalue weighted by Gasteiger charge is 2.25. The first-order valence-electron chi connectivity index (χ1n) is 8.62. The van der Waals surface area contributed by atoms with Gasteiger partial charge in [0.1, 0.15) is 5.69 Å². The van der Waals surface area contributed by atoms with E-state index < -0.39 is 0 Å². The summed E-state index contributed by atoms with van der Waals surface area (Å²) in [7, 11) is 0. The van der Waals surface area contributed by atoms with Crippen LogP contribution in [0.4, 0.5) is 0 Å². The third-order valence-corrected chi connectivity index (χ3v) is 4.95. The Labute approximate surface area is 138 Å². The molecule has 1 saturated heterocycles. The number of carbonyl (C=O) groups is 1. The van der Waals surface area contributed by atoms with Crippen molar-refractivity contribution in [3.8, 4) is 0 Å². The van der Waals surface area contributed by atoms with Gasteiger partial charge < -0.3 is 9.88 Å². The van der Waals surface area contributed by atoms with Gasteiger partial charge in [-0.05, 0) is 68.2 Å². The number of aromatic nitrogens is 1. The van der Waals surface area contributed by atoms with E-state index in [4.69, 9.17) is 0 Å². The van der Waals surface area contributed by atoms with Crippen molar-refractivity contribution in [2.24, 2.45) is 5.92 Å². The molecule has 0 unspecified atom stereocenters. The molecule has 1 N–H and O–H groups in total. The Hall–Kier alpha value is -2.03. The zero-order chi connectivity index (χ0) is 16.2. The number of nitrogens with one attached hydrogen (secondary N) is 1. The number of H-pyrrole nitrogens is 1. The molecule has 0 bridgehead atoms. The molecule has 3 heteroatoms. The summed E-state index contributed by atoms with van der Waals surface area (Å²) in [4.78, 5) is 17.7. The van der Waals surface area contributed by atoms with Crippen LogP contribution >= 0.6 is 0 Å². The first-order chi connectivity index (χ1) is 11.1. The van der Waals surface area contributed by atoms with E-state index in [9.17, 15) is 4.79 Å². The van der Waals surface area contributed by atoms with Gasteiger partial charge in [0.25, 0.3) is 5.91 Å². The van der Waals surface area contributed by atoms with Crippen LogP contribution in [0.5, 0.6) is 0 Å². The molecule has 1 amide bonds. The Bertz CT molecular complexity index is 674. The van der Waals surface area contributed by atoms with Crippen LogP contribution in [0.3, 0.4) is 0 Å². The van der Waals surface area contributed by atoms with Crippen molar-refractivity contribution in [1.29, 1.82) is 0 Å². The molecule has 23 heavy (non-hydrogen) atoms. The number of carbonyl (C=O) groups excluding carboxylic acids is 1. The summed E-state index contributed by atoms with van der Waals surface area (Å²) in [5.41, 5.74) is 4.65. The van der Waals surface area contributed by atoms with Gasteiger partial charge in [0.2, 0.25) is 0 Å². The molecule has 0 spiro atoms. The van der Waals surface area contributed by atoms with E-state index in [0.717, 1.165) is 37.2 Å². The largest absolute Gasteiger partial charge is 0.357 e. The normalized spacial score (nSPS) is 18.2. The van der Waals surface area contributed by atoms with Crippen LogP contribution in [0.2, 0.25) is 0 Å². The molecular formula is C20H26N2O. The summed E-state index contributed by atoms with van der Waals surface area (Å²) in [6.45, 7) is 5.97. The van der Waals surface area contributed by atoms with E-state index in [1.54, 1.807) is 0 Å². The Kier molecular flexibility index (Phi) is 4.85. The maximum Gasteiger partial charge on any atom is 0.270 e. The van der Waals surface area contributed by atoms with Crippen molar-refractivity contribution < 1.29 is 4.79 Å². The number of rotatable bonds is 4. The second-order valence-electron chi connectivity index (χ2n) is 6.82. The van der Waals surface area contributed by atoms with Crippen molar-refractivity contribution >= 4 is 5.91 Å². The van der Waals surface area contributed by atoms with Crippen LogP contribution in [-0.4, -0.2) is 28.9 Å². The smallest absolute Gasteiger partial charge is 0.270 e. The number of nitrogens with zero attached hydrogens (tertiary/aromatic N) is 1. The quantitative estimate of drug-likeness (QED) is 0.906. The SMILES string of the molecule is Cc1c[nH]c(C(=O)N2CCC[C@@H](CCc3ccccc3C)C2)c1. The first kappa shape index (κ1) is 15.9. The van der Waals surface area contributed by atoms with Gasteiger partial charge in [-0.1, -0.05) is 24.3 Å². The molecule has 1 aromatic carbocycles. The molecule has 1 aliphatic rings. The fraction of sp³-hybridized carbons (Fsp3) is 0.450.